The van der Waals surface area contributed by atoms with E-state index < -0.39 is 0 Å². The summed E-state index contributed by atoms with van der Waals surface area (Å²) in [6.07, 6.45) is 8.97. The molecule has 39 heavy (non-hydrogen) atoms. The maximum atomic E-state index is 12.7. The predicted octanol–water partition coefficient (Wildman–Crippen LogP) is 6.53. The van der Waals surface area contributed by atoms with Crippen LogP contribution in [0.25, 0.3) is 22.3 Å². The highest BCUT2D eigenvalue weighted by molar-refractivity contribution is 5.95. The van der Waals surface area contributed by atoms with E-state index in [9.17, 15) is 4.79 Å². The number of ether oxygens (including phenoxy) is 1. The molecule has 1 N–H and O–H groups in total. The van der Waals surface area contributed by atoms with Crippen LogP contribution in [-0.2, 0) is 17.6 Å². The first-order chi connectivity index (χ1) is 19.1. The van der Waals surface area contributed by atoms with E-state index in [1.54, 1.807) is 6.92 Å². The Bertz CT molecular complexity index is 1570. The second-order valence-electron chi connectivity index (χ2n) is 11.1. The number of fused-ring (bicyclic) bond motifs is 4. The van der Waals surface area contributed by atoms with Gasteiger partial charge in [0.2, 0.25) is 5.91 Å². The molecule has 1 aromatic heterocycles. The normalized spacial score (nSPS) is 18.4. The highest BCUT2D eigenvalue weighted by Crippen LogP contribution is 2.49. The fraction of sp³-hybridized carbons (Fsp3) is 0.333. The van der Waals surface area contributed by atoms with Gasteiger partial charge < -0.3 is 15.0 Å². The number of hydrogen-bond acceptors (Lipinski definition) is 4. The second-order valence-corrected chi connectivity index (χ2v) is 11.1. The van der Waals surface area contributed by atoms with Crippen molar-refractivity contribution in [3.05, 3.63) is 83.7 Å². The van der Waals surface area contributed by atoms with Crippen molar-refractivity contribution in [1.82, 2.24) is 15.1 Å². The van der Waals surface area contributed by atoms with Crippen molar-refractivity contribution in [1.29, 1.82) is 0 Å². The molecule has 1 aliphatic carbocycles. The highest BCUT2D eigenvalue weighted by Gasteiger charge is 2.31. The number of amides is 1. The van der Waals surface area contributed by atoms with Crippen molar-refractivity contribution in [2.24, 2.45) is 0 Å². The molecule has 6 nitrogen and oxygen atoms in total. The zero-order chi connectivity index (χ0) is 26.5. The summed E-state index contributed by atoms with van der Waals surface area (Å²) in [6, 6.07) is 19.7. The second kappa shape index (κ2) is 9.69. The van der Waals surface area contributed by atoms with Gasteiger partial charge in [-0.25, -0.2) is 0 Å². The van der Waals surface area contributed by atoms with Gasteiger partial charge in [-0.15, -0.1) is 0 Å². The Labute approximate surface area is 229 Å². The van der Waals surface area contributed by atoms with Gasteiger partial charge in [-0.05, 0) is 87.0 Å². The van der Waals surface area contributed by atoms with Crippen molar-refractivity contribution >= 4 is 11.6 Å². The molecule has 0 bridgehead atoms. The molecule has 0 unspecified atom stereocenters. The van der Waals surface area contributed by atoms with E-state index in [0.29, 0.717) is 6.04 Å². The molecule has 1 saturated heterocycles. The Balaban J connectivity index is 1.37. The van der Waals surface area contributed by atoms with Gasteiger partial charge in [-0.1, -0.05) is 36.4 Å². The summed E-state index contributed by atoms with van der Waals surface area (Å²) < 4.78 is 9.12. The van der Waals surface area contributed by atoms with E-state index in [1.165, 1.54) is 22.3 Å². The van der Waals surface area contributed by atoms with Crippen molar-refractivity contribution in [2.75, 3.05) is 18.0 Å². The molecule has 0 radical (unpaired) electrons. The standard InChI is InChI=1S/C33H34N4O2/c1-21-10-11-29-30(37(21)22(2)38)13-12-28(25-19-35-36(20-25)26-14-16-34-17-15-26)33(29)39-31-9-5-7-24-18-23-6-3-4-8-27(23)32(24)31/h3-9,12-13,19-21,26,34H,10-11,14-18H2,1-2H3/t21-/m0/s1. The lowest BCUT2D eigenvalue weighted by Crippen LogP contribution is -2.40. The molecular weight excluding hydrogens is 484 g/mol. The number of benzene rings is 3. The first-order valence-electron chi connectivity index (χ1n) is 14.2. The summed E-state index contributed by atoms with van der Waals surface area (Å²) in [7, 11) is 0. The largest absolute Gasteiger partial charge is 0.456 e. The highest BCUT2D eigenvalue weighted by atomic mass is 16.5. The number of hydrogen-bond donors (Lipinski definition) is 1. The molecule has 198 valence electrons. The van der Waals surface area contributed by atoms with Crippen LogP contribution in [0, 0.1) is 0 Å². The van der Waals surface area contributed by atoms with Crippen LogP contribution in [0.2, 0.25) is 0 Å². The van der Waals surface area contributed by atoms with E-state index in [0.717, 1.165) is 79.1 Å². The zero-order valence-corrected chi connectivity index (χ0v) is 22.6. The third kappa shape index (κ3) is 4.14. The summed E-state index contributed by atoms with van der Waals surface area (Å²) >= 11 is 0. The average molecular weight is 519 g/mol. The van der Waals surface area contributed by atoms with Gasteiger partial charge in [0.05, 0.1) is 17.9 Å². The number of carbonyl (C=O) groups excluding carboxylic acids is 1. The fourth-order valence-electron chi connectivity index (χ4n) is 6.72. The number of nitrogens with one attached hydrogen (secondary N) is 1. The van der Waals surface area contributed by atoms with Crippen LogP contribution >= 0.6 is 0 Å². The van der Waals surface area contributed by atoms with Crippen molar-refractivity contribution in [3.8, 4) is 33.8 Å². The summed E-state index contributed by atoms with van der Waals surface area (Å²) in [5.74, 6) is 1.77. The maximum Gasteiger partial charge on any atom is 0.224 e. The van der Waals surface area contributed by atoms with Gasteiger partial charge in [0.25, 0.3) is 0 Å². The Morgan fingerprint density at radius 2 is 1.79 bits per heavy atom. The maximum absolute atomic E-state index is 12.7. The number of rotatable bonds is 4. The van der Waals surface area contributed by atoms with Crippen LogP contribution in [-0.4, -0.2) is 34.8 Å². The van der Waals surface area contributed by atoms with Crippen molar-refractivity contribution in [3.63, 3.8) is 0 Å². The SMILES string of the molecule is CC(=O)N1c2ccc(-c3cnn(C4CCNCC4)c3)c(Oc3cccc4c3-c3ccccc3C4)c2CC[C@@H]1C. The van der Waals surface area contributed by atoms with E-state index in [-0.39, 0.29) is 11.9 Å². The quantitative estimate of drug-likeness (QED) is 0.294. The Morgan fingerprint density at radius 3 is 2.64 bits per heavy atom. The number of piperidine rings is 1. The molecule has 4 aromatic rings. The van der Waals surface area contributed by atoms with Gasteiger partial charge in [0.1, 0.15) is 11.5 Å². The molecule has 0 saturated carbocycles. The van der Waals surface area contributed by atoms with E-state index in [4.69, 9.17) is 9.84 Å². The molecule has 2 aliphatic heterocycles. The molecule has 1 atom stereocenters. The number of anilines is 1. The van der Waals surface area contributed by atoms with E-state index in [1.807, 2.05) is 11.1 Å². The van der Waals surface area contributed by atoms with Crippen LogP contribution in [0.1, 0.15) is 55.8 Å². The predicted molar refractivity (Wildman–Crippen MR) is 155 cm³/mol. The molecular formula is C33H34N4O2. The van der Waals surface area contributed by atoms with Gasteiger partial charge in [0.15, 0.2) is 0 Å². The molecule has 7 rings (SSSR count). The summed E-state index contributed by atoms with van der Waals surface area (Å²) in [5.41, 5.74) is 9.17. The van der Waals surface area contributed by atoms with Crippen molar-refractivity contribution < 1.29 is 9.53 Å². The molecule has 3 aromatic carbocycles. The minimum Gasteiger partial charge on any atom is -0.456 e. The topological polar surface area (TPSA) is 59.4 Å². The van der Waals surface area contributed by atoms with Crippen LogP contribution in [0.3, 0.4) is 0 Å². The van der Waals surface area contributed by atoms with E-state index in [2.05, 4.69) is 77.7 Å². The van der Waals surface area contributed by atoms with Crippen LogP contribution in [0.5, 0.6) is 11.5 Å². The number of aromatic nitrogens is 2. The fourth-order valence-corrected chi connectivity index (χ4v) is 6.72. The Morgan fingerprint density at radius 1 is 0.974 bits per heavy atom. The Kier molecular flexibility index (Phi) is 6.00. The summed E-state index contributed by atoms with van der Waals surface area (Å²) in [5, 5.41) is 8.23. The smallest absolute Gasteiger partial charge is 0.224 e. The Hall–Kier alpha value is -3.90. The minimum atomic E-state index is 0.0652. The van der Waals surface area contributed by atoms with E-state index >= 15 is 0 Å². The average Bonchev–Trinajstić information content (AvgIpc) is 3.59. The lowest BCUT2D eigenvalue weighted by atomic mass is 9.92. The lowest BCUT2D eigenvalue weighted by Gasteiger charge is -2.36. The molecule has 1 fully saturated rings. The van der Waals surface area contributed by atoms with Gasteiger partial charge in [-0.3, -0.25) is 9.48 Å². The van der Waals surface area contributed by atoms with Crippen LogP contribution in [0.4, 0.5) is 5.69 Å². The monoisotopic (exact) mass is 518 g/mol. The van der Waals surface area contributed by atoms with Crippen LogP contribution < -0.4 is 15.0 Å². The first kappa shape index (κ1) is 24.2. The number of carbonyl (C=O) groups is 1. The van der Waals surface area contributed by atoms with Crippen molar-refractivity contribution in [2.45, 2.75) is 58.0 Å². The molecule has 0 spiro atoms. The molecule has 6 heteroatoms. The lowest BCUT2D eigenvalue weighted by molar-refractivity contribution is -0.117. The molecule has 1 amide bonds. The third-order valence-corrected chi connectivity index (χ3v) is 8.67. The van der Waals surface area contributed by atoms with Gasteiger partial charge >= 0.3 is 0 Å². The zero-order valence-electron chi connectivity index (χ0n) is 22.6. The molecule has 3 aliphatic rings. The minimum absolute atomic E-state index is 0.0652. The first-order valence-corrected chi connectivity index (χ1v) is 14.2. The van der Waals surface area contributed by atoms with Gasteiger partial charge in [0, 0.05) is 41.4 Å². The van der Waals surface area contributed by atoms with Crippen LogP contribution in [0.15, 0.2) is 67.0 Å². The summed E-state index contributed by atoms with van der Waals surface area (Å²) in [6.45, 7) is 5.83. The third-order valence-electron chi connectivity index (χ3n) is 8.67. The van der Waals surface area contributed by atoms with Gasteiger partial charge in [-0.2, -0.15) is 5.10 Å². The molecule has 3 heterocycles. The number of nitrogens with zero attached hydrogens (tertiary/aromatic N) is 3. The summed E-state index contributed by atoms with van der Waals surface area (Å²) in [4.78, 5) is 14.7.